The van der Waals surface area contributed by atoms with Crippen LogP contribution in [0.25, 0.3) is 0 Å². The van der Waals surface area contributed by atoms with Crippen LogP contribution in [0.5, 0.6) is 5.75 Å². The minimum Gasteiger partial charge on any atom is -0.495 e. The van der Waals surface area contributed by atoms with Gasteiger partial charge < -0.3 is 9.47 Å². The van der Waals surface area contributed by atoms with Crippen LogP contribution in [0, 0.1) is 0 Å². The Hall–Kier alpha value is -1.11. The Kier molecular flexibility index (Phi) is 5.40. The highest BCUT2D eigenvalue weighted by molar-refractivity contribution is 7.89. The second kappa shape index (κ2) is 6.58. The van der Waals surface area contributed by atoms with Crippen LogP contribution in [0.1, 0.15) is 6.42 Å². The molecule has 0 aliphatic heterocycles. The summed E-state index contributed by atoms with van der Waals surface area (Å²) in [6.45, 7) is 0.864. The summed E-state index contributed by atoms with van der Waals surface area (Å²) in [6, 6.07) is 6.51. The van der Waals surface area contributed by atoms with Gasteiger partial charge in [-0.1, -0.05) is 12.1 Å². The molecule has 0 atom stereocenters. The zero-order chi connectivity index (χ0) is 12.7. The maximum absolute atomic E-state index is 11.9. The van der Waals surface area contributed by atoms with Crippen molar-refractivity contribution in [1.29, 1.82) is 0 Å². The largest absolute Gasteiger partial charge is 0.495 e. The Labute approximate surface area is 102 Å². The number of nitrogens with one attached hydrogen (secondary N) is 1. The minimum absolute atomic E-state index is 0.153. The van der Waals surface area contributed by atoms with Crippen LogP contribution < -0.4 is 9.46 Å². The molecule has 0 saturated carbocycles. The van der Waals surface area contributed by atoms with Crippen LogP contribution >= 0.6 is 0 Å². The molecule has 1 aromatic rings. The van der Waals surface area contributed by atoms with Gasteiger partial charge in [0.25, 0.3) is 0 Å². The van der Waals surface area contributed by atoms with Crippen molar-refractivity contribution in [2.24, 2.45) is 0 Å². The van der Waals surface area contributed by atoms with Gasteiger partial charge in [-0.05, 0) is 18.6 Å². The van der Waals surface area contributed by atoms with Gasteiger partial charge >= 0.3 is 0 Å². The van der Waals surface area contributed by atoms with Crippen molar-refractivity contribution >= 4 is 10.0 Å². The molecule has 17 heavy (non-hydrogen) atoms. The van der Waals surface area contributed by atoms with Crippen molar-refractivity contribution in [3.63, 3.8) is 0 Å². The third kappa shape index (κ3) is 3.99. The van der Waals surface area contributed by atoms with E-state index in [1.807, 2.05) is 0 Å². The molecule has 5 nitrogen and oxygen atoms in total. The molecule has 0 amide bonds. The number of benzene rings is 1. The summed E-state index contributed by atoms with van der Waals surface area (Å²) in [5.41, 5.74) is 0. The van der Waals surface area contributed by atoms with E-state index >= 15 is 0 Å². The Morgan fingerprint density at radius 2 is 1.94 bits per heavy atom. The fourth-order valence-corrected chi connectivity index (χ4v) is 2.58. The quantitative estimate of drug-likeness (QED) is 0.742. The first-order chi connectivity index (χ1) is 8.11. The summed E-state index contributed by atoms with van der Waals surface area (Å²) in [5.74, 6) is 0.340. The van der Waals surface area contributed by atoms with E-state index in [1.54, 1.807) is 25.3 Å². The van der Waals surface area contributed by atoms with Crippen molar-refractivity contribution < 1.29 is 17.9 Å². The highest BCUT2D eigenvalue weighted by atomic mass is 32.2. The van der Waals surface area contributed by atoms with Crippen molar-refractivity contribution in [3.05, 3.63) is 24.3 Å². The van der Waals surface area contributed by atoms with Crippen molar-refractivity contribution in [1.82, 2.24) is 4.72 Å². The Morgan fingerprint density at radius 1 is 1.24 bits per heavy atom. The van der Waals surface area contributed by atoms with Gasteiger partial charge in [-0.3, -0.25) is 0 Å². The number of ether oxygens (including phenoxy) is 2. The first kappa shape index (κ1) is 14.0. The van der Waals surface area contributed by atoms with E-state index in [0.717, 1.165) is 0 Å². The van der Waals surface area contributed by atoms with Gasteiger partial charge in [0.05, 0.1) is 7.11 Å². The average Bonchev–Trinajstić information content (AvgIpc) is 2.34. The molecule has 0 saturated heterocycles. The standard InChI is InChI=1S/C11H17NO4S/c1-15-9-5-8-12-17(13,14)11-7-4-3-6-10(11)16-2/h3-4,6-7,12H,5,8-9H2,1-2H3. The molecule has 0 heterocycles. The maximum Gasteiger partial charge on any atom is 0.244 e. The summed E-state index contributed by atoms with van der Waals surface area (Å²) in [6.07, 6.45) is 0.630. The van der Waals surface area contributed by atoms with Gasteiger partial charge in [-0.2, -0.15) is 0 Å². The summed E-state index contributed by atoms with van der Waals surface area (Å²) in [5, 5.41) is 0. The third-order valence-electron chi connectivity index (χ3n) is 2.18. The monoisotopic (exact) mass is 259 g/mol. The smallest absolute Gasteiger partial charge is 0.244 e. The van der Waals surface area contributed by atoms with Crippen LogP contribution in [0.2, 0.25) is 0 Å². The molecule has 0 unspecified atom stereocenters. The van der Waals surface area contributed by atoms with Gasteiger partial charge in [0.15, 0.2) is 0 Å². The SMILES string of the molecule is COCCCNS(=O)(=O)c1ccccc1OC. The summed E-state index contributed by atoms with van der Waals surface area (Å²) in [7, 11) is -0.492. The van der Waals surface area contributed by atoms with Gasteiger partial charge in [0.2, 0.25) is 10.0 Å². The molecule has 1 N–H and O–H groups in total. The lowest BCUT2D eigenvalue weighted by molar-refractivity contribution is 0.196. The molecule has 0 radical (unpaired) electrons. The number of sulfonamides is 1. The van der Waals surface area contributed by atoms with Gasteiger partial charge in [-0.15, -0.1) is 0 Å². The molecule has 1 aromatic carbocycles. The highest BCUT2D eigenvalue weighted by Gasteiger charge is 2.17. The average molecular weight is 259 g/mol. The third-order valence-corrected chi connectivity index (χ3v) is 3.68. The van der Waals surface area contributed by atoms with E-state index in [0.29, 0.717) is 25.3 Å². The van der Waals surface area contributed by atoms with Crippen molar-refractivity contribution in [2.45, 2.75) is 11.3 Å². The first-order valence-corrected chi connectivity index (χ1v) is 6.71. The van der Waals surface area contributed by atoms with Crippen molar-refractivity contribution in [2.75, 3.05) is 27.4 Å². The van der Waals surface area contributed by atoms with E-state index in [2.05, 4.69) is 4.72 Å². The predicted octanol–water partition coefficient (Wildman–Crippen LogP) is 1.01. The Morgan fingerprint density at radius 3 is 2.59 bits per heavy atom. The Bertz CT molecular complexity index is 445. The fraction of sp³-hybridized carbons (Fsp3) is 0.455. The summed E-state index contributed by atoms with van der Waals surface area (Å²) in [4.78, 5) is 0.153. The molecule has 0 spiro atoms. The van der Waals surface area contributed by atoms with E-state index in [1.165, 1.54) is 13.2 Å². The molecule has 0 fully saturated rings. The van der Waals surface area contributed by atoms with E-state index in [-0.39, 0.29) is 4.90 Å². The maximum atomic E-state index is 11.9. The molecular formula is C11H17NO4S. The number of para-hydroxylation sites is 1. The highest BCUT2D eigenvalue weighted by Crippen LogP contribution is 2.22. The van der Waals surface area contributed by atoms with Gasteiger partial charge in [0, 0.05) is 20.3 Å². The van der Waals surface area contributed by atoms with Crippen molar-refractivity contribution in [3.8, 4) is 5.75 Å². The van der Waals surface area contributed by atoms with Gasteiger partial charge in [0.1, 0.15) is 10.6 Å². The number of hydrogen-bond donors (Lipinski definition) is 1. The molecule has 0 bridgehead atoms. The number of methoxy groups -OCH3 is 2. The first-order valence-electron chi connectivity index (χ1n) is 5.23. The topological polar surface area (TPSA) is 64.6 Å². The van der Waals surface area contributed by atoms with Gasteiger partial charge in [-0.25, -0.2) is 13.1 Å². The number of hydrogen-bond acceptors (Lipinski definition) is 4. The van der Waals surface area contributed by atoms with E-state index < -0.39 is 10.0 Å². The fourth-order valence-electron chi connectivity index (χ4n) is 1.34. The zero-order valence-electron chi connectivity index (χ0n) is 9.97. The van der Waals surface area contributed by atoms with Crippen LogP contribution in [-0.4, -0.2) is 35.8 Å². The number of rotatable bonds is 7. The van der Waals surface area contributed by atoms with Crippen LogP contribution in [0.4, 0.5) is 0 Å². The molecular weight excluding hydrogens is 242 g/mol. The predicted molar refractivity (Wildman–Crippen MR) is 64.7 cm³/mol. The molecule has 1 rings (SSSR count). The second-order valence-electron chi connectivity index (χ2n) is 3.39. The molecule has 0 aliphatic carbocycles. The van der Waals surface area contributed by atoms with E-state index in [4.69, 9.17) is 9.47 Å². The normalized spacial score (nSPS) is 11.4. The van der Waals surface area contributed by atoms with Crippen LogP contribution in [0.15, 0.2) is 29.2 Å². The lowest BCUT2D eigenvalue weighted by Gasteiger charge is -2.10. The van der Waals surface area contributed by atoms with Crippen LogP contribution in [0.3, 0.4) is 0 Å². The van der Waals surface area contributed by atoms with E-state index in [9.17, 15) is 8.42 Å². The minimum atomic E-state index is -3.51. The molecule has 96 valence electrons. The molecule has 0 aromatic heterocycles. The summed E-state index contributed by atoms with van der Waals surface area (Å²) < 4.78 is 36.2. The molecule has 6 heteroatoms. The zero-order valence-corrected chi connectivity index (χ0v) is 10.8. The second-order valence-corrected chi connectivity index (χ2v) is 5.13. The summed E-state index contributed by atoms with van der Waals surface area (Å²) >= 11 is 0. The lowest BCUT2D eigenvalue weighted by atomic mass is 10.3. The lowest BCUT2D eigenvalue weighted by Crippen LogP contribution is -2.25. The Balaban J connectivity index is 2.75. The molecule has 0 aliphatic rings. The van der Waals surface area contributed by atoms with Crippen LogP contribution in [-0.2, 0) is 14.8 Å².